The van der Waals surface area contributed by atoms with E-state index in [1.165, 1.54) is 24.8 Å². The molecule has 0 saturated carbocycles. The molecule has 15 heavy (non-hydrogen) atoms. The highest BCUT2D eigenvalue weighted by molar-refractivity contribution is 5.34. The second-order valence-electron chi connectivity index (χ2n) is 4.17. The molecule has 0 aliphatic heterocycles. The molecule has 0 spiro atoms. The Bertz CT molecular complexity index is 348. The van der Waals surface area contributed by atoms with Gasteiger partial charge in [0.15, 0.2) is 0 Å². The fourth-order valence-corrected chi connectivity index (χ4v) is 2.20. The first kappa shape index (κ1) is 10.3. The van der Waals surface area contributed by atoms with E-state index in [1.807, 2.05) is 12.1 Å². The van der Waals surface area contributed by atoms with Crippen LogP contribution in [0.1, 0.15) is 37.7 Å². The van der Waals surface area contributed by atoms with Gasteiger partial charge in [0.25, 0.3) is 0 Å². The molecule has 0 amide bonds. The number of benzene rings is 1. The summed E-state index contributed by atoms with van der Waals surface area (Å²) in [5.41, 5.74) is 2.99. The molecule has 0 radical (unpaired) electrons. The molecule has 80 valence electrons. The van der Waals surface area contributed by atoms with Gasteiger partial charge >= 0.3 is 0 Å². The molecule has 0 fully saturated rings. The van der Waals surface area contributed by atoms with E-state index in [2.05, 4.69) is 25.1 Å². The maximum atomic E-state index is 5.16. The first-order valence-electron chi connectivity index (χ1n) is 5.64. The Morgan fingerprint density at radius 1 is 1.20 bits per heavy atom. The first-order valence-corrected chi connectivity index (χ1v) is 5.64. The molecular formula is C14H18O. The smallest absolute Gasteiger partial charge is 0.118 e. The second kappa shape index (κ2) is 4.52. The van der Waals surface area contributed by atoms with Crippen molar-refractivity contribution >= 4 is 0 Å². The highest BCUT2D eigenvalue weighted by Gasteiger charge is 2.14. The SMILES string of the molecule is COc1ccc(C(C)C2=CCCC2)cc1. The van der Waals surface area contributed by atoms with Crippen molar-refractivity contribution in [2.75, 3.05) is 7.11 Å². The van der Waals surface area contributed by atoms with Crippen molar-refractivity contribution in [1.29, 1.82) is 0 Å². The molecule has 2 rings (SSSR count). The van der Waals surface area contributed by atoms with Crippen molar-refractivity contribution in [3.8, 4) is 5.75 Å². The summed E-state index contributed by atoms with van der Waals surface area (Å²) in [6, 6.07) is 8.42. The summed E-state index contributed by atoms with van der Waals surface area (Å²) in [4.78, 5) is 0. The molecule has 0 aromatic heterocycles. The van der Waals surface area contributed by atoms with Gasteiger partial charge in [-0.3, -0.25) is 0 Å². The third-order valence-corrected chi connectivity index (χ3v) is 3.25. The van der Waals surface area contributed by atoms with Crippen molar-refractivity contribution in [1.82, 2.24) is 0 Å². The number of hydrogen-bond acceptors (Lipinski definition) is 1. The number of hydrogen-bond donors (Lipinski definition) is 0. The van der Waals surface area contributed by atoms with Crippen LogP contribution in [0.2, 0.25) is 0 Å². The Balaban J connectivity index is 2.14. The van der Waals surface area contributed by atoms with E-state index in [-0.39, 0.29) is 0 Å². The molecule has 1 aliphatic rings. The number of rotatable bonds is 3. The fraction of sp³-hybridized carbons (Fsp3) is 0.429. The second-order valence-corrected chi connectivity index (χ2v) is 4.17. The van der Waals surface area contributed by atoms with Crippen molar-refractivity contribution in [3.63, 3.8) is 0 Å². The fourth-order valence-electron chi connectivity index (χ4n) is 2.20. The van der Waals surface area contributed by atoms with Gasteiger partial charge in [-0.1, -0.05) is 30.7 Å². The van der Waals surface area contributed by atoms with Crippen molar-refractivity contribution in [3.05, 3.63) is 41.5 Å². The van der Waals surface area contributed by atoms with Gasteiger partial charge in [0.1, 0.15) is 5.75 Å². The Hall–Kier alpha value is -1.24. The van der Waals surface area contributed by atoms with Crippen molar-refractivity contribution in [2.45, 2.75) is 32.1 Å². The molecule has 1 aromatic carbocycles. The molecule has 1 unspecified atom stereocenters. The Kier molecular flexibility index (Phi) is 3.10. The van der Waals surface area contributed by atoms with Gasteiger partial charge in [0.05, 0.1) is 7.11 Å². The van der Waals surface area contributed by atoms with Crippen LogP contribution in [0.15, 0.2) is 35.9 Å². The number of allylic oxidation sites excluding steroid dienone is 2. The molecule has 1 heteroatoms. The van der Waals surface area contributed by atoms with E-state index < -0.39 is 0 Å². The van der Waals surface area contributed by atoms with Crippen molar-refractivity contribution < 1.29 is 4.74 Å². The standard InChI is InChI=1S/C14H18O/c1-11(12-5-3-4-6-12)13-7-9-14(15-2)10-8-13/h5,7-11H,3-4,6H2,1-2H3. The monoisotopic (exact) mass is 202 g/mol. The predicted molar refractivity (Wildman–Crippen MR) is 63.3 cm³/mol. The topological polar surface area (TPSA) is 9.23 Å². The van der Waals surface area contributed by atoms with Crippen LogP contribution in [0.5, 0.6) is 5.75 Å². The molecule has 1 atom stereocenters. The first-order chi connectivity index (χ1) is 7.31. The zero-order chi connectivity index (χ0) is 10.7. The van der Waals surface area contributed by atoms with Crippen LogP contribution in [-0.2, 0) is 0 Å². The summed E-state index contributed by atoms with van der Waals surface area (Å²) in [6.07, 6.45) is 6.26. The molecule has 1 aliphatic carbocycles. The quantitative estimate of drug-likeness (QED) is 0.675. The van der Waals surface area contributed by atoms with Gasteiger partial charge < -0.3 is 4.74 Å². The third kappa shape index (κ3) is 2.23. The molecule has 0 heterocycles. The minimum Gasteiger partial charge on any atom is -0.497 e. The Labute approximate surface area is 91.8 Å². The van der Waals surface area contributed by atoms with Crippen LogP contribution in [0.25, 0.3) is 0 Å². The van der Waals surface area contributed by atoms with Gasteiger partial charge in [-0.15, -0.1) is 0 Å². The summed E-state index contributed by atoms with van der Waals surface area (Å²) in [6.45, 7) is 2.29. The summed E-state index contributed by atoms with van der Waals surface area (Å²) in [5, 5.41) is 0. The highest BCUT2D eigenvalue weighted by Crippen LogP contribution is 2.32. The van der Waals surface area contributed by atoms with Crippen LogP contribution < -0.4 is 4.74 Å². The van der Waals surface area contributed by atoms with Crippen LogP contribution in [0.3, 0.4) is 0 Å². The Morgan fingerprint density at radius 3 is 2.47 bits per heavy atom. The van der Waals surface area contributed by atoms with Gasteiger partial charge in [-0.25, -0.2) is 0 Å². The van der Waals surface area contributed by atoms with Crippen LogP contribution in [0, 0.1) is 0 Å². The lowest BCUT2D eigenvalue weighted by Gasteiger charge is -2.13. The van der Waals surface area contributed by atoms with Gasteiger partial charge in [0, 0.05) is 5.92 Å². The van der Waals surface area contributed by atoms with E-state index in [9.17, 15) is 0 Å². The highest BCUT2D eigenvalue weighted by atomic mass is 16.5. The normalized spacial score (nSPS) is 17.3. The van der Waals surface area contributed by atoms with E-state index in [0.29, 0.717) is 5.92 Å². The van der Waals surface area contributed by atoms with Gasteiger partial charge in [0.2, 0.25) is 0 Å². The summed E-state index contributed by atoms with van der Waals surface area (Å²) in [5.74, 6) is 1.50. The third-order valence-electron chi connectivity index (χ3n) is 3.25. The minimum atomic E-state index is 0.568. The predicted octanol–water partition coefficient (Wildman–Crippen LogP) is 3.91. The minimum absolute atomic E-state index is 0.568. The largest absolute Gasteiger partial charge is 0.497 e. The molecule has 0 bridgehead atoms. The number of ether oxygens (including phenoxy) is 1. The van der Waals surface area contributed by atoms with E-state index in [4.69, 9.17) is 4.74 Å². The lowest BCUT2D eigenvalue weighted by molar-refractivity contribution is 0.414. The summed E-state index contributed by atoms with van der Waals surface area (Å²) < 4.78 is 5.16. The summed E-state index contributed by atoms with van der Waals surface area (Å²) >= 11 is 0. The lowest BCUT2D eigenvalue weighted by Crippen LogP contribution is -1.96. The average molecular weight is 202 g/mol. The van der Waals surface area contributed by atoms with Gasteiger partial charge in [-0.2, -0.15) is 0 Å². The van der Waals surface area contributed by atoms with Gasteiger partial charge in [-0.05, 0) is 37.0 Å². The van der Waals surface area contributed by atoms with Crippen LogP contribution in [0.4, 0.5) is 0 Å². The number of methoxy groups -OCH3 is 1. The average Bonchev–Trinajstić information content (AvgIpc) is 2.82. The maximum absolute atomic E-state index is 5.16. The molecule has 0 N–H and O–H groups in total. The molecular weight excluding hydrogens is 184 g/mol. The molecule has 1 nitrogen and oxygen atoms in total. The molecule has 0 saturated heterocycles. The summed E-state index contributed by atoms with van der Waals surface area (Å²) in [7, 11) is 1.71. The van der Waals surface area contributed by atoms with E-state index in [1.54, 1.807) is 12.7 Å². The zero-order valence-corrected chi connectivity index (χ0v) is 9.49. The van der Waals surface area contributed by atoms with Crippen LogP contribution >= 0.6 is 0 Å². The zero-order valence-electron chi connectivity index (χ0n) is 9.49. The lowest BCUT2D eigenvalue weighted by atomic mass is 9.92. The molecule has 1 aromatic rings. The van der Waals surface area contributed by atoms with E-state index >= 15 is 0 Å². The van der Waals surface area contributed by atoms with Crippen LogP contribution in [-0.4, -0.2) is 7.11 Å². The Morgan fingerprint density at radius 2 is 1.93 bits per heavy atom. The maximum Gasteiger partial charge on any atom is 0.118 e. The van der Waals surface area contributed by atoms with Crippen molar-refractivity contribution in [2.24, 2.45) is 0 Å². The van der Waals surface area contributed by atoms with E-state index in [0.717, 1.165) is 5.75 Å².